The average Bonchev–Trinajstić information content (AvgIpc) is 2.01. The summed E-state index contributed by atoms with van der Waals surface area (Å²) in [5.41, 5.74) is 8.96. The number of amidine groups is 2. The normalized spacial score (nSPS) is 13.1. The van der Waals surface area contributed by atoms with Gasteiger partial charge in [-0.25, -0.2) is 0 Å². The predicted molar refractivity (Wildman–Crippen MR) is 56.8 cm³/mol. The minimum atomic E-state index is -0.841. The molecule has 0 aliphatic rings. The Labute approximate surface area is 83.8 Å². The van der Waals surface area contributed by atoms with Crippen LogP contribution >= 0.6 is 0 Å². The van der Waals surface area contributed by atoms with Crippen LogP contribution in [0.25, 0.3) is 0 Å². The van der Waals surface area contributed by atoms with Gasteiger partial charge in [0, 0.05) is 0 Å². The highest BCUT2D eigenvalue weighted by atomic mass is 15.2. The molecule has 0 amide bonds. The van der Waals surface area contributed by atoms with Crippen molar-refractivity contribution >= 4 is 11.7 Å². The third-order valence-corrected chi connectivity index (χ3v) is 1.87. The van der Waals surface area contributed by atoms with Crippen LogP contribution in [0.15, 0.2) is 10.2 Å². The minimum absolute atomic E-state index is 0.0689. The Balaban J connectivity index is 4.76. The Morgan fingerprint density at radius 2 is 1.07 bits per heavy atom. The van der Waals surface area contributed by atoms with E-state index in [-0.39, 0.29) is 11.7 Å². The molecular weight excluding hydrogens is 180 g/mol. The van der Waals surface area contributed by atoms with Gasteiger partial charge in [0.05, 0.1) is 0 Å². The second-order valence-corrected chi connectivity index (χ2v) is 4.15. The first-order chi connectivity index (χ1) is 6.09. The van der Waals surface area contributed by atoms with Gasteiger partial charge < -0.3 is 11.5 Å². The maximum absolute atomic E-state index is 7.25. The Morgan fingerprint density at radius 1 is 0.857 bits per heavy atom. The molecule has 0 saturated carbocycles. The molecule has 0 rings (SSSR count). The van der Waals surface area contributed by atoms with Gasteiger partial charge in [0.1, 0.15) is 22.7 Å². The lowest BCUT2D eigenvalue weighted by atomic mass is 10.1. The first kappa shape index (κ1) is 12.5. The van der Waals surface area contributed by atoms with Crippen molar-refractivity contribution in [1.82, 2.24) is 0 Å². The topological polar surface area (TPSA) is 124 Å². The number of rotatable bonds is 4. The molecule has 0 aromatic carbocycles. The second kappa shape index (κ2) is 3.73. The molecule has 0 aromatic heterocycles. The monoisotopic (exact) mass is 198 g/mol. The molecule has 80 valence electrons. The van der Waals surface area contributed by atoms with Crippen LogP contribution in [0.5, 0.6) is 0 Å². The number of hydrogen-bond acceptors (Lipinski definition) is 4. The van der Waals surface area contributed by atoms with Crippen LogP contribution in [0.4, 0.5) is 0 Å². The lowest BCUT2D eigenvalue weighted by molar-refractivity contribution is 0.557. The summed E-state index contributed by atoms with van der Waals surface area (Å²) in [5.74, 6) is -0.138. The van der Waals surface area contributed by atoms with Gasteiger partial charge in [0.15, 0.2) is 0 Å². The first-order valence-corrected chi connectivity index (χ1v) is 4.22. The van der Waals surface area contributed by atoms with Gasteiger partial charge in [-0.2, -0.15) is 10.2 Å². The molecule has 0 saturated heterocycles. The molecule has 0 aliphatic heterocycles. The van der Waals surface area contributed by atoms with Crippen LogP contribution < -0.4 is 11.5 Å². The molecule has 0 radical (unpaired) electrons. The van der Waals surface area contributed by atoms with Gasteiger partial charge in [-0.05, 0) is 27.7 Å². The number of nitrogens with one attached hydrogen (secondary N) is 2. The molecular formula is C8H18N6. The van der Waals surface area contributed by atoms with Crippen molar-refractivity contribution in [1.29, 1.82) is 10.8 Å². The van der Waals surface area contributed by atoms with Gasteiger partial charge in [0.2, 0.25) is 0 Å². The second-order valence-electron chi connectivity index (χ2n) is 4.15. The van der Waals surface area contributed by atoms with Crippen LogP contribution in [0.1, 0.15) is 27.7 Å². The van der Waals surface area contributed by atoms with E-state index in [0.29, 0.717) is 0 Å². The first-order valence-electron chi connectivity index (χ1n) is 4.22. The van der Waals surface area contributed by atoms with Gasteiger partial charge in [0.25, 0.3) is 0 Å². The summed E-state index contributed by atoms with van der Waals surface area (Å²) in [6.07, 6.45) is 0. The van der Waals surface area contributed by atoms with E-state index >= 15 is 0 Å². The van der Waals surface area contributed by atoms with E-state index in [4.69, 9.17) is 22.3 Å². The lowest BCUT2D eigenvalue weighted by Crippen LogP contribution is -2.38. The number of nitrogens with zero attached hydrogens (tertiary/aromatic N) is 2. The number of hydrogen-bond donors (Lipinski definition) is 4. The van der Waals surface area contributed by atoms with Crippen molar-refractivity contribution in [2.75, 3.05) is 0 Å². The molecule has 0 aliphatic carbocycles. The minimum Gasteiger partial charge on any atom is -0.386 e. The third kappa shape index (κ3) is 3.12. The Hall–Kier alpha value is -1.46. The SMILES string of the molecule is CC(C)(/N=N/C(C)(C)C(=N)N)C(=N)N. The third-order valence-electron chi connectivity index (χ3n) is 1.87. The largest absolute Gasteiger partial charge is 0.386 e. The lowest BCUT2D eigenvalue weighted by Gasteiger charge is -2.20. The van der Waals surface area contributed by atoms with E-state index in [1.54, 1.807) is 27.7 Å². The van der Waals surface area contributed by atoms with E-state index in [2.05, 4.69) is 10.2 Å². The van der Waals surface area contributed by atoms with Gasteiger partial charge >= 0.3 is 0 Å². The highest BCUT2D eigenvalue weighted by molar-refractivity contribution is 5.87. The fraction of sp³-hybridized carbons (Fsp3) is 0.750. The van der Waals surface area contributed by atoms with Crippen molar-refractivity contribution in [3.05, 3.63) is 0 Å². The summed E-state index contributed by atoms with van der Waals surface area (Å²) in [6.45, 7) is 6.70. The van der Waals surface area contributed by atoms with E-state index in [9.17, 15) is 0 Å². The van der Waals surface area contributed by atoms with E-state index < -0.39 is 11.1 Å². The van der Waals surface area contributed by atoms with Crippen LogP contribution in [0.3, 0.4) is 0 Å². The molecule has 0 aromatic rings. The van der Waals surface area contributed by atoms with Crippen molar-refractivity contribution in [3.63, 3.8) is 0 Å². The molecule has 14 heavy (non-hydrogen) atoms. The zero-order valence-electron chi connectivity index (χ0n) is 9.05. The Bertz CT molecular complexity index is 248. The smallest absolute Gasteiger partial charge is 0.132 e. The van der Waals surface area contributed by atoms with Crippen LogP contribution in [-0.2, 0) is 0 Å². The Kier molecular flexibility index (Phi) is 3.34. The maximum atomic E-state index is 7.25. The summed E-state index contributed by atoms with van der Waals surface area (Å²) in [7, 11) is 0. The molecule has 0 fully saturated rings. The van der Waals surface area contributed by atoms with Crippen LogP contribution in [0.2, 0.25) is 0 Å². The average molecular weight is 198 g/mol. The summed E-state index contributed by atoms with van der Waals surface area (Å²) < 4.78 is 0. The predicted octanol–water partition coefficient (Wildman–Crippen LogP) is 0.868. The van der Waals surface area contributed by atoms with Crippen molar-refractivity contribution in [2.45, 2.75) is 38.8 Å². The standard InChI is InChI=1S/C8H18N6/c1-7(2,5(9)10)13-14-8(3,4)6(11)12/h1-4H3,(H3,9,10)(H3,11,12)/b14-13+. The van der Waals surface area contributed by atoms with Crippen molar-refractivity contribution in [2.24, 2.45) is 21.7 Å². The summed E-state index contributed by atoms with van der Waals surface area (Å²) >= 11 is 0. The fourth-order valence-electron chi connectivity index (χ4n) is 0.358. The van der Waals surface area contributed by atoms with Crippen LogP contribution in [-0.4, -0.2) is 22.7 Å². The molecule has 0 bridgehead atoms. The number of nitrogens with two attached hydrogens (primary N) is 2. The molecule has 6 N–H and O–H groups in total. The summed E-state index contributed by atoms with van der Waals surface area (Å²) in [4.78, 5) is 0. The van der Waals surface area contributed by atoms with E-state index in [1.165, 1.54) is 0 Å². The molecule has 0 atom stereocenters. The number of azo groups is 1. The molecule has 6 heteroatoms. The van der Waals surface area contributed by atoms with E-state index in [1.807, 2.05) is 0 Å². The van der Waals surface area contributed by atoms with Gasteiger partial charge in [-0.15, -0.1) is 0 Å². The fourth-order valence-corrected chi connectivity index (χ4v) is 0.358. The summed E-state index contributed by atoms with van der Waals surface area (Å²) in [6, 6.07) is 0. The van der Waals surface area contributed by atoms with Crippen molar-refractivity contribution in [3.8, 4) is 0 Å². The zero-order valence-corrected chi connectivity index (χ0v) is 9.05. The van der Waals surface area contributed by atoms with Crippen molar-refractivity contribution < 1.29 is 0 Å². The Morgan fingerprint density at radius 3 is 1.21 bits per heavy atom. The van der Waals surface area contributed by atoms with E-state index in [0.717, 1.165) is 0 Å². The molecule has 0 spiro atoms. The quantitative estimate of drug-likeness (QED) is 0.304. The van der Waals surface area contributed by atoms with Crippen LogP contribution in [0, 0.1) is 10.8 Å². The maximum Gasteiger partial charge on any atom is 0.132 e. The van der Waals surface area contributed by atoms with Gasteiger partial charge in [-0.3, -0.25) is 10.8 Å². The zero-order chi connectivity index (χ0) is 11.6. The van der Waals surface area contributed by atoms with Gasteiger partial charge in [-0.1, -0.05) is 0 Å². The molecule has 6 nitrogen and oxygen atoms in total. The molecule has 0 unspecified atom stereocenters. The highest BCUT2D eigenvalue weighted by Gasteiger charge is 2.25. The summed E-state index contributed by atoms with van der Waals surface area (Å²) in [5, 5.41) is 22.3. The highest BCUT2D eigenvalue weighted by Crippen LogP contribution is 2.15. The molecule has 0 heterocycles.